The summed E-state index contributed by atoms with van der Waals surface area (Å²) in [5.74, 6) is -0.176. The molecule has 0 unspecified atom stereocenters. The minimum Gasteiger partial charge on any atom is -0.463 e. The molecule has 0 aliphatic carbocycles. The van der Waals surface area contributed by atoms with Crippen LogP contribution in [0.15, 0.2) is 30.3 Å². The van der Waals surface area contributed by atoms with Crippen molar-refractivity contribution in [1.82, 2.24) is 0 Å². The number of para-hydroxylation sites is 1. The van der Waals surface area contributed by atoms with E-state index in [0.29, 0.717) is 32.8 Å². The number of methoxy groups -OCH3 is 1. The van der Waals surface area contributed by atoms with Crippen molar-refractivity contribution < 1.29 is 19.0 Å². The Morgan fingerprint density at radius 1 is 1.05 bits per heavy atom. The Morgan fingerprint density at radius 3 is 2.62 bits per heavy atom. The molecule has 21 heavy (non-hydrogen) atoms. The molecule has 0 aromatic heterocycles. The number of hydrogen-bond donors (Lipinski definition) is 1. The summed E-state index contributed by atoms with van der Waals surface area (Å²) >= 11 is 0. The predicted molar refractivity (Wildman–Crippen MR) is 82.4 cm³/mol. The lowest BCUT2D eigenvalue weighted by atomic mass is 10.3. The van der Waals surface area contributed by atoms with Crippen LogP contribution in [0.25, 0.3) is 0 Å². The molecular weight excluding hydrogens is 270 g/mol. The van der Waals surface area contributed by atoms with Crippen LogP contribution < -0.4 is 5.32 Å². The molecule has 1 N–H and O–H groups in total. The van der Waals surface area contributed by atoms with Crippen LogP contribution in [-0.2, 0) is 19.0 Å². The second-order valence-corrected chi connectivity index (χ2v) is 4.58. The highest BCUT2D eigenvalue weighted by Crippen LogP contribution is 2.05. The maximum Gasteiger partial charge on any atom is 0.305 e. The largest absolute Gasteiger partial charge is 0.463 e. The molecule has 0 aliphatic rings. The summed E-state index contributed by atoms with van der Waals surface area (Å²) in [4.78, 5) is 11.5. The zero-order valence-electron chi connectivity index (χ0n) is 12.7. The van der Waals surface area contributed by atoms with Gasteiger partial charge in [0.25, 0.3) is 0 Å². The first-order valence-electron chi connectivity index (χ1n) is 7.34. The van der Waals surface area contributed by atoms with Gasteiger partial charge in [-0.05, 0) is 25.0 Å². The fourth-order valence-corrected chi connectivity index (χ4v) is 1.72. The molecule has 0 amide bonds. The summed E-state index contributed by atoms with van der Waals surface area (Å²) in [6.07, 6.45) is 2.03. The Balaban J connectivity index is 1.90. The van der Waals surface area contributed by atoms with Gasteiger partial charge < -0.3 is 19.5 Å². The van der Waals surface area contributed by atoms with Gasteiger partial charge in [0.15, 0.2) is 0 Å². The average Bonchev–Trinajstić information content (AvgIpc) is 2.52. The highest BCUT2D eigenvalue weighted by Gasteiger charge is 2.02. The van der Waals surface area contributed by atoms with E-state index >= 15 is 0 Å². The molecule has 0 spiro atoms. The van der Waals surface area contributed by atoms with E-state index in [4.69, 9.17) is 14.2 Å². The normalized spacial score (nSPS) is 10.3. The molecule has 1 rings (SSSR count). The van der Waals surface area contributed by atoms with Gasteiger partial charge in [-0.25, -0.2) is 0 Å². The van der Waals surface area contributed by atoms with E-state index < -0.39 is 0 Å². The monoisotopic (exact) mass is 295 g/mol. The number of carbonyl (C=O) groups is 1. The first kappa shape index (κ1) is 17.5. The Kier molecular flexibility index (Phi) is 10.1. The molecule has 5 heteroatoms. The van der Waals surface area contributed by atoms with Crippen LogP contribution >= 0.6 is 0 Å². The van der Waals surface area contributed by atoms with Crippen molar-refractivity contribution in [2.45, 2.75) is 19.3 Å². The molecule has 0 bridgehead atoms. The fraction of sp³-hybridized carbons (Fsp3) is 0.562. The number of anilines is 1. The third-order valence-corrected chi connectivity index (χ3v) is 2.79. The molecule has 0 heterocycles. The SMILES string of the molecule is COCCCOCCOC(=O)CCCNc1ccccc1. The van der Waals surface area contributed by atoms with E-state index in [2.05, 4.69) is 5.32 Å². The molecule has 118 valence electrons. The van der Waals surface area contributed by atoms with Gasteiger partial charge in [0.05, 0.1) is 6.61 Å². The van der Waals surface area contributed by atoms with E-state index in [0.717, 1.165) is 25.1 Å². The van der Waals surface area contributed by atoms with Crippen LogP contribution in [0.1, 0.15) is 19.3 Å². The summed E-state index contributed by atoms with van der Waals surface area (Å²) in [5.41, 5.74) is 1.07. The average molecular weight is 295 g/mol. The van der Waals surface area contributed by atoms with Crippen LogP contribution in [-0.4, -0.2) is 46.1 Å². The first-order valence-corrected chi connectivity index (χ1v) is 7.34. The summed E-state index contributed by atoms with van der Waals surface area (Å²) in [6, 6.07) is 9.92. The van der Waals surface area contributed by atoms with Gasteiger partial charge in [-0.3, -0.25) is 4.79 Å². The predicted octanol–water partition coefficient (Wildman–Crippen LogP) is 2.47. The molecule has 0 radical (unpaired) electrons. The van der Waals surface area contributed by atoms with Crippen molar-refractivity contribution >= 4 is 11.7 Å². The van der Waals surface area contributed by atoms with Gasteiger partial charge in [-0.2, -0.15) is 0 Å². The second-order valence-electron chi connectivity index (χ2n) is 4.58. The Morgan fingerprint density at radius 2 is 1.86 bits per heavy atom. The van der Waals surface area contributed by atoms with E-state index in [-0.39, 0.29) is 5.97 Å². The van der Waals surface area contributed by atoms with Crippen molar-refractivity contribution in [3.63, 3.8) is 0 Å². The van der Waals surface area contributed by atoms with Gasteiger partial charge in [0, 0.05) is 39.0 Å². The number of benzene rings is 1. The van der Waals surface area contributed by atoms with E-state index in [1.165, 1.54) is 0 Å². The zero-order valence-corrected chi connectivity index (χ0v) is 12.7. The topological polar surface area (TPSA) is 56.8 Å². The van der Waals surface area contributed by atoms with Crippen LogP contribution in [0.5, 0.6) is 0 Å². The Bertz CT molecular complexity index is 370. The fourth-order valence-electron chi connectivity index (χ4n) is 1.72. The maximum absolute atomic E-state index is 11.5. The van der Waals surface area contributed by atoms with Crippen LogP contribution in [0.3, 0.4) is 0 Å². The summed E-state index contributed by atoms with van der Waals surface area (Å²) in [5, 5.41) is 3.25. The number of rotatable bonds is 12. The molecule has 5 nitrogen and oxygen atoms in total. The lowest BCUT2D eigenvalue weighted by molar-refractivity contribution is -0.145. The molecular formula is C16H25NO4. The Hall–Kier alpha value is -1.59. The highest BCUT2D eigenvalue weighted by molar-refractivity contribution is 5.69. The minimum atomic E-state index is -0.176. The molecule has 0 fully saturated rings. The van der Waals surface area contributed by atoms with E-state index in [9.17, 15) is 4.79 Å². The summed E-state index contributed by atoms with van der Waals surface area (Å²) in [7, 11) is 1.66. The number of carbonyl (C=O) groups excluding carboxylic acids is 1. The smallest absolute Gasteiger partial charge is 0.305 e. The van der Waals surface area contributed by atoms with Crippen LogP contribution in [0.2, 0.25) is 0 Å². The van der Waals surface area contributed by atoms with Gasteiger partial charge >= 0.3 is 5.97 Å². The van der Waals surface area contributed by atoms with Gasteiger partial charge in [0.2, 0.25) is 0 Å². The number of hydrogen-bond acceptors (Lipinski definition) is 5. The number of esters is 1. The van der Waals surface area contributed by atoms with Crippen molar-refractivity contribution in [2.24, 2.45) is 0 Å². The quantitative estimate of drug-likeness (QED) is 0.474. The van der Waals surface area contributed by atoms with Crippen LogP contribution in [0, 0.1) is 0 Å². The summed E-state index contributed by atoms with van der Waals surface area (Å²) < 4.78 is 15.3. The third kappa shape index (κ3) is 9.87. The lowest BCUT2D eigenvalue weighted by Gasteiger charge is -2.07. The van der Waals surface area contributed by atoms with Crippen molar-refractivity contribution in [3.8, 4) is 0 Å². The van der Waals surface area contributed by atoms with E-state index in [1.54, 1.807) is 7.11 Å². The summed E-state index contributed by atoms with van der Waals surface area (Å²) in [6.45, 7) is 2.84. The van der Waals surface area contributed by atoms with Gasteiger partial charge in [-0.1, -0.05) is 18.2 Å². The van der Waals surface area contributed by atoms with E-state index in [1.807, 2.05) is 30.3 Å². The Labute approximate surface area is 126 Å². The maximum atomic E-state index is 11.5. The first-order chi connectivity index (χ1) is 10.3. The lowest BCUT2D eigenvalue weighted by Crippen LogP contribution is -2.12. The molecule has 1 aromatic rings. The molecule has 0 saturated carbocycles. The van der Waals surface area contributed by atoms with Gasteiger partial charge in [-0.15, -0.1) is 0 Å². The number of nitrogens with one attached hydrogen (secondary N) is 1. The van der Waals surface area contributed by atoms with Gasteiger partial charge in [0.1, 0.15) is 6.61 Å². The molecule has 0 saturated heterocycles. The standard InChI is InChI=1S/C16H25NO4/c1-19-11-6-12-20-13-14-21-16(18)9-5-10-17-15-7-3-2-4-8-15/h2-4,7-8,17H,5-6,9-14H2,1H3. The second kappa shape index (κ2) is 12.2. The van der Waals surface area contributed by atoms with Crippen molar-refractivity contribution in [2.75, 3.05) is 45.4 Å². The minimum absolute atomic E-state index is 0.176. The zero-order chi connectivity index (χ0) is 15.2. The number of ether oxygens (including phenoxy) is 3. The van der Waals surface area contributed by atoms with Crippen LogP contribution in [0.4, 0.5) is 5.69 Å². The van der Waals surface area contributed by atoms with Crippen molar-refractivity contribution in [3.05, 3.63) is 30.3 Å². The third-order valence-electron chi connectivity index (χ3n) is 2.79. The molecule has 0 aliphatic heterocycles. The molecule has 0 atom stereocenters. The molecule has 1 aromatic carbocycles. The highest BCUT2D eigenvalue weighted by atomic mass is 16.6. The van der Waals surface area contributed by atoms with Crippen molar-refractivity contribution in [1.29, 1.82) is 0 Å².